The predicted molar refractivity (Wildman–Crippen MR) is 73.9 cm³/mol. The van der Waals surface area contributed by atoms with Crippen LogP contribution in [0.1, 0.15) is 33.3 Å². The van der Waals surface area contributed by atoms with Gasteiger partial charge >= 0.3 is 0 Å². The van der Waals surface area contributed by atoms with E-state index in [1.165, 1.54) is 0 Å². The average molecular weight is 273 g/mol. The zero-order chi connectivity index (χ0) is 13.9. The minimum atomic E-state index is -0.416. The highest BCUT2D eigenvalue weighted by Gasteiger charge is 2.25. The molecule has 0 spiro atoms. The van der Waals surface area contributed by atoms with Crippen molar-refractivity contribution in [3.05, 3.63) is 22.7 Å². The zero-order valence-corrected chi connectivity index (χ0v) is 12.3. The van der Waals surface area contributed by atoms with Crippen molar-refractivity contribution in [3.63, 3.8) is 0 Å². The zero-order valence-electron chi connectivity index (χ0n) is 11.6. The minimum Gasteiger partial charge on any atom is -0.493 e. The van der Waals surface area contributed by atoms with E-state index >= 15 is 0 Å². The summed E-state index contributed by atoms with van der Waals surface area (Å²) in [4.78, 5) is 0. The van der Waals surface area contributed by atoms with E-state index in [-0.39, 0.29) is 12.7 Å². The molecular formula is C14H21ClO3. The van der Waals surface area contributed by atoms with Gasteiger partial charge in [0.15, 0.2) is 11.5 Å². The average Bonchev–Trinajstić information content (AvgIpc) is 2.28. The molecule has 1 aromatic carbocycles. The fourth-order valence-corrected chi connectivity index (χ4v) is 2.05. The van der Waals surface area contributed by atoms with Crippen LogP contribution in [-0.4, -0.2) is 24.9 Å². The summed E-state index contributed by atoms with van der Waals surface area (Å²) in [5.41, 5.74) is 0.431. The Morgan fingerprint density at radius 3 is 2.33 bits per heavy atom. The van der Waals surface area contributed by atoms with Crippen molar-refractivity contribution >= 4 is 11.6 Å². The molecule has 0 aromatic heterocycles. The van der Waals surface area contributed by atoms with Gasteiger partial charge in [0.05, 0.1) is 19.8 Å². The predicted octanol–water partition coefficient (Wildman–Crippen LogP) is 3.41. The molecule has 0 aliphatic carbocycles. The Morgan fingerprint density at radius 2 is 1.89 bits per heavy atom. The van der Waals surface area contributed by atoms with E-state index in [1.807, 2.05) is 33.8 Å². The number of hydrogen-bond acceptors (Lipinski definition) is 3. The lowest BCUT2D eigenvalue weighted by molar-refractivity contribution is 0.216. The van der Waals surface area contributed by atoms with E-state index in [9.17, 15) is 5.11 Å². The summed E-state index contributed by atoms with van der Waals surface area (Å²) in [5, 5.41) is 9.99. The van der Waals surface area contributed by atoms with E-state index in [2.05, 4.69) is 0 Å². The van der Waals surface area contributed by atoms with Crippen LogP contribution in [0.25, 0.3) is 0 Å². The monoisotopic (exact) mass is 272 g/mol. The fourth-order valence-electron chi connectivity index (χ4n) is 1.64. The molecule has 0 aliphatic heterocycles. The summed E-state index contributed by atoms with van der Waals surface area (Å²) >= 11 is 6.26. The molecule has 0 amide bonds. The molecule has 0 saturated carbocycles. The molecule has 0 unspecified atom stereocenters. The highest BCUT2D eigenvalue weighted by molar-refractivity contribution is 6.31. The first-order valence-electron chi connectivity index (χ1n) is 5.97. The smallest absolute Gasteiger partial charge is 0.163 e. The van der Waals surface area contributed by atoms with Gasteiger partial charge in [-0.1, -0.05) is 25.4 Å². The van der Waals surface area contributed by atoms with Crippen LogP contribution in [0.3, 0.4) is 0 Å². The van der Waals surface area contributed by atoms with E-state index in [4.69, 9.17) is 21.1 Å². The topological polar surface area (TPSA) is 38.7 Å². The summed E-state index contributed by atoms with van der Waals surface area (Å²) < 4.78 is 11.0. The van der Waals surface area contributed by atoms with Crippen LogP contribution in [-0.2, 0) is 5.41 Å². The lowest BCUT2D eigenvalue weighted by atomic mass is 9.85. The van der Waals surface area contributed by atoms with Gasteiger partial charge in [0.1, 0.15) is 0 Å². The Hall–Kier alpha value is -0.930. The lowest BCUT2D eigenvalue weighted by Crippen LogP contribution is -2.22. The molecule has 0 bridgehead atoms. The highest BCUT2D eigenvalue weighted by Crippen LogP contribution is 2.39. The summed E-state index contributed by atoms with van der Waals surface area (Å²) in [6, 6.07) is 3.57. The third-order valence-electron chi connectivity index (χ3n) is 2.74. The van der Waals surface area contributed by atoms with Crippen molar-refractivity contribution in [1.82, 2.24) is 0 Å². The Kier molecular flexibility index (Phi) is 4.88. The van der Waals surface area contributed by atoms with Crippen LogP contribution in [0.2, 0.25) is 5.02 Å². The van der Waals surface area contributed by atoms with Gasteiger partial charge in [-0.25, -0.2) is 0 Å². The van der Waals surface area contributed by atoms with Crippen LogP contribution in [0.5, 0.6) is 11.5 Å². The van der Waals surface area contributed by atoms with E-state index in [1.54, 1.807) is 13.2 Å². The van der Waals surface area contributed by atoms with Crippen LogP contribution in [0, 0.1) is 0 Å². The molecule has 0 saturated heterocycles. The van der Waals surface area contributed by atoms with Crippen molar-refractivity contribution < 1.29 is 14.6 Å². The number of rotatable bonds is 5. The van der Waals surface area contributed by atoms with Gasteiger partial charge in [0.2, 0.25) is 0 Å². The minimum absolute atomic E-state index is 0.0141. The number of methoxy groups -OCH3 is 1. The Labute approximate surface area is 114 Å². The molecule has 3 nitrogen and oxygen atoms in total. The van der Waals surface area contributed by atoms with Gasteiger partial charge in [-0.15, -0.1) is 0 Å². The number of benzene rings is 1. The van der Waals surface area contributed by atoms with Crippen molar-refractivity contribution in [1.29, 1.82) is 0 Å². The van der Waals surface area contributed by atoms with E-state index in [0.29, 0.717) is 16.5 Å². The largest absolute Gasteiger partial charge is 0.493 e. The van der Waals surface area contributed by atoms with Crippen LogP contribution in [0.15, 0.2) is 12.1 Å². The van der Waals surface area contributed by atoms with Crippen molar-refractivity contribution in [2.24, 2.45) is 0 Å². The maximum Gasteiger partial charge on any atom is 0.163 e. The SMILES string of the molecule is COc1cc(C(C)(C)CO)c(Cl)cc1OC(C)C. The van der Waals surface area contributed by atoms with Gasteiger partial charge in [0, 0.05) is 16.5 Å². The third-order valence-corrected chi connectivity index (χ3v) is 3.05. The molecule has 0 aliphatic rings. The van der Waals surface area contributed by atoms with Crippen molar-refractivity contribution in [2.45, 2.75) is 39.2 Å². The van der Waals surface area contributed by atoms with Crippen molar-refractivity contribution in [3.8, 4) is 11.5 Å². The number of aliphatic hydroxyl groups excluding tert-OH is 1. The second-order valence-corrected chi connectivity index (χ2v) is 5.60. The molecule has 0 radical (unpaired) electrons. The molecule has 1 rings (SSSR count). The second kappa shape index (κ2) is 5.81. The molecule has 0 atom stereocenters. The molecule has 4 heteroatoms. The molecule has 0 heterocycles. The first-order chi connectivity index (χ1) is 8.31. The van der Waals surface area contributed by atoms with Gasteiger partial charge in [-0.2, -0.15) is 0 Å². The number of aliphatic hydroxyl groups is 1. The van der Waals surface area contributed by atoms with Crippen LogP contribution in [0.4, 0.5) is 0 Å². The van der Waals surface area contributed by atoms with Gasteiger partial charge in [0.25, 0.3) is 0 Å². The fraction of sp³-hybridized carbons (Fsp3) is 0.571. The number of halogens is 1. The third kappa shape index (κ3) is 3.30. The summed E-state index contributed by atoms with van der Waals surface area (Å²) in [5.74, 6) is 1.25. The normalized spacial score (nSPS) is 11.8. The maximum atomic E-state index is 9.42. The number of hydrogen-bond donors (Lipinski definition) is 1. The Morgan fingerprint density at radius 1 is 1.28 bits per heavy atom. The Balaban J connectivity index is 3.26. The molecule has 18 heavy (non-hydrogen) atoms. The van der Waals surface area contributed by atoms with Gasteiger partial charge < -0.3 is 14.6 Å². The van der Waals surface area contributed by atoms with Gasteiger partial charge in [-0.3, -0.25) is 0 Å². The van der Waals surface area contributed by atoms with Gasteiger partial charge in [-0.05, 0) is 25.5 Å². The van der Waals surface area contributed by atoms with E-state index in [0.717, 1.165) is 5.56 Å². The standard InChI is InChI=1S/C14H21ClO3/c1-9(2)18-13-7-11(15)10(6-12(13)17-5)14(3,4)8-16/h6-7,9,16H,8H2,1-5H3. The first-order valence-corrected chi connectivity index (χ1v) is 6.35. The molecular weight excluding hydrogens is 252 g/mol. The van der Waals surface area contributed by atoms with Crippen molar-refractivity contribution in [2.75, 3.05) is 13.7 Å². The molecule has 102 valence electrons. The lowest BCUT2D eigenvalue weighted by Gasteiger charge is -2.25. The van der Waals surface area contributed by atoms with Crippen LogP contribution < -0.4 is 9.47 Å². The maximum absolute atomic E-state index is 9.42. The van der Waals surface area contributed by atoms with E-state index < -0.39 is 5.41 Å². The molecule has 0 fully saturated rings. The molecule has 1 N–H and O–H groups in total. The highest BCUT2D eigenvalue weighted by atomic mass is 35.5. The quantitative estimate of drug-likeness (QED) is 0.893. The second-order valence-electron chi connectivity index (χ2n) is 5.19. The summed E-state index contributed by atoms with van der Waals surface area (Å²) in [6.07, 6.45) is 0.0478. The molecule has 1 aromatic rings. The first kappa shape index (κ1) is 15.1. The summed E-state index contributed by atoms with van der Waals surface area (Å²) in [7, 11) is 1.59. The van der Waals surface area contributed by atoms with Crippen LogP contribution >= 0.6 is 11.6 Å². The Bertz CT molecular complexity index is 414. The number of ether oxygens (including phenoxy) is 2. The summed E-state index contributed by atoms with van der Waals surface area (Å²) in [6.45, 7) is 7.76.